The Morgan fingerprint density at radius 2 is 2.12 bits per heavy atom. The zero-order valence-corrected chi connectivity index (χ0v) is 15.5. The molecule has 2 heterocycles. The van der Waals surface area contributed by atoms with Crippen molar-refractivity contribution in [3.63, 3.8) is 0 Å². The maximum absolute atomic E-state index is 12.4. The molecule has 0 aliphatic carbocycles. The highest BCUT2D eigenvalue weighted by Gasteiger charge is 2.34. The van der Waals surface area contributed by atoms with Gasteiger partial charge in [-0.2, -0.15) is 0 Å². The molecule has 0 bridgehead atoms. The van der Waals surface area contributed by atoms with Gasteiger partial charge in [0, 0.05) is 31.0 Å². The van der Waals surface area contributed by atoms with Crippen LogP contribution >= 0.6 is 11.3 Å². The number of carbonyl (C=O) groups is 2. The molecule has 1 aromatic carbocycles. The second-order valence-electron chi connectivity index (χ2n) is 6.42. The molecule has 0 spiro atoms. The van der Waals surface area contributed by atoms with Crippen molar-refractivity contribution in [3.8, 4) is 0 Å². The van der Waals surface area contributed by atoms with Gasteiger partial charge in [-0.25, -0.2) is 0 Å². The minimum Gasteiger partial charge on any atom is -0.312 e. The van der Waals surface area contributed by atoms with Crippen LogP contribution in [0.15, 0.2) is 18.2 Å². The van der Waals surface area contributed by atoms with Crippen LogP contribution < -0.4 is 10.2 Å². The zero-order valence-electron chi connectivity index (χ0n) is 14.7. The number of benzene rings is 1. The van der Waals surface area contributed by atoms with E-state index in [1.807, 2.05) is 36.9 Å². The van der Waals surface area contributed by atoms with Crippen molar-refractivity contribution in [1.82, 2.24) is 10.2 Å². The first-order valence-corrected chi connectivity index (χ1v) is 9.30. The predicted molar refractivity (Wildman–Crippen MR) is 99.1 cm³/mol. The number of nitrogens with zero attached hydrogens (tertiary/aromatic N) is 3. The van der Waals surface area contributed by atoms with Gasteiger partial charge in [-0.3, -0.25) is 9.59 Å². The lowest BCUT2D eigenvalue weighted by molar-refractivity contribution is -0.117. The van der Waals surface area contributed by atoms with Gasteiger partial charge in [0.15, 0.2) is 0 Å². The first kappa shape index (κ1) is 17.5. The van der Waals surface area contributed by atoms with E-state index >= 15 is 0 Å². The van der Waals surface area contributed by atoms with E-state index in [4.69, 9.17) is 0 Å². The van der Waals surface area contributed by atoms with Crippen LogP contribution in [-0.4, -0.2) is 28.6 Å². The molecule has 6 nitrogen and oxygen atoms in total. The molecule has 0 saturated carbocycles. The molecule has 132 valence electrons. The molecule has 7 heteroatoms. The van der Waals surface area contributed by atoms with Crippen LogP contribution in [0.25, 0.3) is 0 Å². The van der Waals surface area contributed by atoms with E-state index < -0.39 is 0 Å². The Balaban J connectivity index is 1.71. The normalized spacial score (nSPS) is 17.2. The van der Waals surface area contributed by atoms with Crippen LogP contribution in [0.2, 0.25) is 0 Å². The third-order valence-corrected chi connectivity index (χ3v) is 5.44. The Hall–Kier alpha value is -2.28. The van der Waals surface area contributed by atoms with Gasteiger partial charge >= 0.3 is 0 Å². The molecule has 1 fully saturated rings. The number of anilines is 2. The van der Waals surface area contributed by atoms with Crippen molar-refractivity contribution in [2.24, 2.45) is 0 Å². The fourth-order valence-corrected chi connectivity index (χ4v) is 3.73. The molecular formula is C18H22N4O2S. The minimum absolute atomic E-state index is 0.0171. The highest BCUT2D eigenvalue weighted by atomic mass is 32.1. The van der Waals surface area contributed by atoms with E-state index in [-0.39, 0.29) is 17.7 Å². The Bertz CT molecular complexity index is 802. The molecule has 0 radical (unpaired) electrons. The third kappa shape index (κ3) is 3.87. The zero-order chi connectivity index (χ0) is 18.0. The van der Waals surface area contributed by atoms with Crippen LogP contribution in [0.3, 0.4) is 0 Å². The number of hydrogen-bond donors (Lipinski definition) is 1. The maximum Gasteiger partial charge on any atom is 0.227 e. The van der Waals surface area contributed by atoms with Crippen molar-refractivity contribution in [2.75, 3.05) is 16.8 Å². The van der Waals surface area contributed by atoms with Crippen molar-refractivity contribution in [1.29, 1.82) is 0 Å². The lowest BCUT2D eigenvalue weighted by atomic mass is 10.1. The highest BCUT2D eigenvalue weighted by Crippen LogP contribution is 2.34. The van der Waals surface area contributed by atoms with Crippen molar-refractivity contribution >= 4 is 34.0 Å². The fourth-order valence-electron chi connectivity index (χ4n) is 2.87. The van der Waals surface area contributed by atoms with Crippen molar-refractivity contribution < 1.29 is 9.59 Å². The number of carbonyl (C=O) groups excluding carboxylic acids is 2. The second-order valence-corrected chi connectivity index (χ2v) is 7.43. The average Bonchev–Trinajstić information content (AvgIpc) is 3.17. The molecule has 1 N–H and O–H groups in total. The minimum atomic E-state index is -0.0514. The molecule has 1 unspecified atom stereocenters. The summed E-state index contributed by atoms with van der Waals surface area (Å²) >= 11 is 1.36. The lowest BCUT2D eigenvalue weighted by Gasteiger charge is -2.17. The van der Waals surface area contributed by atoms with E-state index in [1.54, 1.807) is 0 Å². The van der Waals surface area contributed by atoms with Gasteiger partial charge in [-0.05, 0) is 43.5 Å². The first-order chi connectivity index (χ1) is 12.0. The van der Waals surface area contributed by atoms with Gasteiger partial charge in [-0.15, -0.1) is 10.2 Å². The number of nitrogens with one attached hydrogen (secondary N) is 1. The number of amides is 2. The molecule has 1 atom stereocenters. The topological polar surface area (TPSA) is 75.2 Å². The molecule has 2 amide bonds. The smallest absolute Gasteiger partial charge is 0.227 e. The summed E-state index contributed by atoms with van der Waals surface area (Å²) in [6, 6.07) is 6.07. The van der Waals surface area contributed by atoms with Crippen molar-refractivity contribution in [3.05, 3.63) is 34.3 Å². The monoisotopic (exact) mass is 358 g/mol. The maximum atomic E-state index is 12.4. The summed E-state index contributed by atoms with van der Waals surface area (Å²) in [5, 5.41) is 12.3. The van der Waals surface area contributed by atoms with E-state index in [0.29, 0.717) is 24.5 Å². The quantitative estimate of drug-likeness (QED) is 0.889. The third-order valence-electron chi connectivity index (χ3n) is 4.44. The van der Waals surface area contributed by atoms with E-state index in [1.165, 1.54) is 22.5 Å². The summed E-state index contributed by atoms with van der Waals surface area (Å²) in [5.41, 5.74) is 3.31. The average molecular weight is 358 g/mol. The summed E-state index contributed by atoms with van der Waals surface area (Å²) in [6.45, 7) is 6.66. The summed E-state index contributed by atoms with van der Waals surface area (Å²) in [4.78, 5) is 25.9. The Morgan fingerprint density at radius 1 is 1.32 bits per heavy atom. The number of rotatable bonds is 5. The second kappa shape index (κ2) is 7.31. The molecular weight excluding hydrogens is 336 g/mol. The van der Waals surface area contributed by atoms with E-state index in [9.17, 15) is 9.59 Å². The summed E-state index contributed by atoms with van der Waals surface area (Å²) in [6.07, 6.45) is 1.68. The first-order valence-electron chi connectivity index (χ1n) is 8.48. The molecule has 3 rings (SSSR count). The Labute approximate surface area is 151 Å². The van der Waals surface area contributed by atoms with Gasteiger partial charge in [0.1, 0.15) is 5.01 Å². The van der Waals surface area contributed by atoms with Crippen LogP contribution in [0.4, 0.5) is 10.8 Å². The van der Waals surface area contributed by atoms with Crippen LogP contribution in [-0.2, 0) is 9.59 Å². The molecule has 1 aliphatic rings. The van der Waals surface area contributed by atoms with Crippen LogP contribution in [0, 0.1) is 13.8 Å². The molecule has 2 aromatic rings. The van der Waals surface area contributed by atoms with Gasteiger partial charge in [0.25, 0.3) is 0 Å². The summed E-state index contributed by atoms with van der Waals surface area (Å²) < 4.78 is 0. The Morgan fingerprint density at radius 3 is 2.84 bits per heavy atom. The van der Waals surface area contributed by atoms with Gasteiger partial charge in [0.2, 0.25) is 16.9 Å². The van der Waals surface area contributed by atoms with E-state index in [2.05, 4.69) is 22.4 Å². The van der Waals surface area contributed by atoms with Gasteiger partial charge < -0.3 is 10.2 Å². The number of hydrogen-bond acceptors (Lipinski definition) is 5. The van der Waals surface area contributed by atoms with Gasteiger partial charge in [0.05, 0.1) is 0 Å². The largest absolute Gasteiger partial charge is 0.312 e. The van der Waals surface area contributed by atoms with Crippen molar-refractivity contribution in [2.45, 2.75) is 46.0 Å². The summed E-state index contributed by atoms with van der Waals surface area (Å²) in [5.74, 6) is 0.0629. The summed E-state index contributed by atoms with van der Waals surface area (Å²) in [7, 11) is 0. The lowest BCUT2D eigenvalue weighted by Crippen LogP contribution is -2.24. The van der Waals surface area contributed by atoms with Crippen LogP contribution in [0.1, 0.15) is 48.2 Å². The van der Waals surface area contributed by atoms with Gasteiger partial charge in [-0.1, -0.05) is 24.3 Å². The molecule has 1 aromatic heterocycles. The standard InChI is InChI=1S/C18H22N4O2S/c1-4-5-15(23)19-18-21-20-17(25-18)13-9-16(24)22(10-13)14-7-6-11(2)12(3)8-14/h6-8,13H,4-5,9-10H2,1-3H3,(H,19,21,23). The molecule has 1 aliphatic heterocycles. The van der Waals surface area contributed by atoms with Crippen LogP contribution in [0.5, 0.6) is 0 Å². The fraction of sp³-hybridized carbons (Fsp3) is 0.444. The molecule has 1 saturated heterocycles. The number of aromatic nitrogens is 2. The molecule has 25 heavy (non-hydrogen) atoms. The Kier molecular flexibility index (Phi) is 5.13. The predicted octanol–water partition coefficient (Wildman–Crippen LogP) is 3.41. The SMILES string of the molecule is CCCC(=O)Nc1nnc(C2CC(=O)N(c3ccc(C)c(C)c3)C2)s1. The number of aryl methyl sites for hydroxylation is 2. The highest BCUT2D eigenvalue weighted by molar-refractivity contribution is 7.15. The van der Waals surface area contributed by atoms with E-state index in [0.717, 1.165) is 17.1 Å².